The molecule has 2 aromatic carbocycles. The van der Waals surface area contributed by atoms with Crippen molar-refractivity contribution in [2.45, 2.75) is 19.8 Å². The maximum absolute atomic E-state index is 12.7. The summed E-state index contributed by atoms with van der Waals surface area (Å²) in [6, 6.07) is 12.8. The predicted octanol–water partition coefficient (Wildman–Crippen LogP) is 5.12. The van der Waals surface area contributed by atoms with E-state index in [2.05, 4.69) is 5.32 Å². The number of likely N-dealkylation sites (tertiary alicyclic amines) is 1. The summed E-state index contributed by atoms with van der Waals surface area (Å²) in [5.41, 5.74) is 1.24. The number of hydrogen-bond donors (Lipinski definition) is 3. The quantitative estimate of drug-likeness (QED) is 0.222. The molecule has 0 aliphatic carbocycles. The molecule has 3 N–H and O–H groups in total. The Morgan fingerprint density at radius 2 is 1.82 bits per heavy atom. The van der Waals surface area contributed by atoms with E-state index in [9.17, 15) is 29.6 Å². The number of rotatable bonds is 10. The summed E-state index contributed by atoms with van der Waals surface area (Å²) >= 11 is 1.01. The van der Waals surface area contributed by atoms with E-state index < -0.39 is 23.5 Å². The number of para-hydroxylation sites is 2. The lowest BCUT2D eigenvalue weighted by Gasteiger charge is -2.31. The maximum Gasteiger partial charge on any atom is 0.349 e. The Balaban J connectivity index is 1.35. The van der Waals surface area contributed by atoms with Gasteiger partial charge in [-0.2, -0.15) is 0 Å². The standard InChI is InChI=1S/C27H27N3O9S/c1-16-23(39-15-22(31)32)25(26(33)34)40-24(16)18-5-4-6-19(13-18)38-14-17-9-11-29(12-10-17)27(35)28-20-7-2-3-8-21(20)30(36)37/h2-8,13,17H,9-12,14-15H2,1H3,(H,28,35)(H,31,32)(H,33,34). The van der Waals surface area contributed by atoms with Gasteiger partial charge in [-0.3, -0.25) is 10.1 Å². The fourth-order valence-electron chi connectivity index (χ4n) is 4.40. The van der Waals surface area contributed by atoms with Crippen molar-refractivity contribution in [1.29, 1.82) is 0 Å². The fraction of sp³-hybridized carbons (Fsp3) is 0.296. The van der Waals surface area contributed by atoms with Crippen LogP contribution in [0.5, 0.6) is 11.5 Å². The maximum atomic E-state index is 12.7. The average molecular weight is 570 g/mol. The van der Waals surface area contributed by atoms with Crippen LogP contribution in [-0.2, 0) is 4.79 Å². The summed E-state index contributed by atoms with van der Waals surface area (Å²) in [6.45, 7) is 2.41. The van der Waals surface area contributed by atoms with Crippen molar-refractivity contribution in [3.63, 3.8) is 0 Å². The summed E-state index contributed by atoms with van der Waals surface area (Å²) < 4.78 is 11.3. The summed E-state index contributed by atoms with van der Waals surface area (Å²) in [7, 11) is 0. The van der Waals surface area contributed by atoms with Crippen LogP contribution >= 0.6 is 11.3 Å². The summed E-state index contributed by atoms with van der Waals surface area (Å²) in [4.78, 5) is 48.1. The Labute approximate surface area is 232 Å². The van der Waals surface area contributed by atoms with Gasteiger partial charge in [-0.15, -0.1) is 11.3 Å². The Morgan fingerprint density at radius 1 is 1.10 bits per heavy atom. The first-order chi connectivity index (χ1) is 19.1. The van der Waals surface area contributed by atoms with Gasteiger partial charge in [0.05, 0.1) is 11.5 Å². The fourth-order valence-corrected chi connectivity index (χ4v) is 5.49. The van der Waals surface area contributed by atoms with E-state index in [-0.39, 0.29) is 34.0 Å². The molecule has 2 heterocycles. The van der Waals surface area contributed by atoms with Gasteiger partial charge in [0.15, 0.2) is 11.5 Å². The number of urea groups is 1. The number of benzene rings is 2. The third kappa shape index (κ3) is 6.67. The van der Waals surface area contributed by atoms with E-state index in [1.54, 1.807) is 36.1 Å². The average Bonchev–Trinajstić information content (AvgIpc) is 3.27. The molecule has 1 aliphatic heterocycles. The molecule has 1 fully saturated rings. The van der Waals surface area contributed by atoms with Gasteiger partial charge in [0.1, 0.15) is 17.2 Å². The molecule has 3 aromatic rings. The second-order valence-corrected chi connectivity index (χ2v) is 10.2. The molecule has 1 aliphatic rings. The lowest BCUT2D eigenvalue weighted by Crippen LogP contribution is -2.42. The lowest BCUT2D eigenvalue weighted by atomic mass is 9.98. The van der Waals surface area contributed by atoms with Crippen molar-refractivity contribution in [1.82, 2.24) is 4.90 Å². The summed E-state index contributed by atoms with van der Waals surface area (Å²) in [5.74, 6) is -1.58. The van der Waals surface area contributed by atoms with Crippen LogP contribution in [0.15, 0.2) is 48.5 Å². The highest BCUT2D eigenvalue weighted by atomic mass is 32.1. The Kier molecular flexibility index (Phi) is 8.84. The number of piperidine rings is 1. The number of nitro benzene ring substituents is 1. The van der Waals surface area contributed by atoms with Crippen LogP contribution in [0.3, 0.4) is 0 Å². The van der Waals surface area contributed by atoms with Crippen molar-refractivity contribution in [2.24, 2.45) is 5.92 Å². The largest absolute Gasteiger partial charge is 0.493 e. The molecule has 1 aromatic heterocycles. The Morgan fingerprint density at radius 3 is 2.50 bits per heavy atom. The number of thiophene rings is 1. The SMILES string of the molecule is Cc1c(-c2cccc(OCC3CCN(C(=O)Nc4ccccc4[N+](=O)[O-])CC3)c2)sc(C(=O)O)c1OCC(=O)O. The predicted molar refractivity (Wildman–Crippen MR) is 146 cm³/mol. The van der Waals surface area contributed by atoms with Gasteiger partial charge in [0, 0.05) is 29.6 Å². The third-order valence-corrected chi connectivity index (χ3v) is 7.76. The molecule has 40 heavy (non-hydrogen) atoms. The highest BCUT2D eigenvalue weighted by molar-refractivity contribution is 7.18. The van der Waals surface area contributed by atoms with Gasteiger partial charge in [0.2, 0.25) is 0 Å². The zero-order valence-corrected chi connectivity index (χ0v) is 22.3. The van der Waals surface area contributed by atoms with Crippen molar-refractivity contribution in [3.8, 4) is 21.9 Å². The minimum atomic E-state index is -1.20. The van der Waals surface area contributed by atoms with E-state index in [1.165, 1.54) is 18.2 Å². The van der Waals surface area contributed by atoms with Crippen LogP contribution in [0.4, 0.5) is 16.2 Å². The number of carboxylic acid groups (broad SMARTS) is 2. The second kappa shape index (κ2) is 12.5. The molecule has 0 bridgehead atoms. The minimum absolute atomic E-state index is 0.0406. The van der Waals surface area contributed by atoms with Gasteiger partial charge < -0.3 is 29.9 Å². The first-order valence-corrected chi connectivity index (χ1v) is 13.2. The number of aliphatic carboxylic acids is 1. The monoisotopic (exact) mass is 569 g/mol. The number of amides is 2. The topological polar surface area (TPSA) is 169 Å². The molecular weight excluding hydrogens is 542 g/mol. The highest BCUT2D eigenvalue weighted by Crippen LogP contribution is 2.42. The van der Waals surface area contributed by atoms with Crippen LogP contribution in [0.2, 0.25) is 0 Å². The van der Waals surface area contributed by atoms with Crippen LogP contribution in [0, 0.1) is 23.0 Å². The highest BCUT2D eigenvalue weighted by Gasteiger charge is 2.26. The van der Waals surface area contributed by atoms with Gasteiger partial charge in [-0.05, 0) is 49.4 Å². The number of anilines is 1. The number of nitro groups is 1. The van der Waals surface area contributed by atoms with Crippen LogP contribution in [-0.4, -0.2) is 64.3 Å². The van der Waals surface area contributed by atoms with Crippen LogP contribution in [0.1, 0.15) is 28.1 Å². The molecule has 0 atom stereocenters. The smallest absolute Gasteiger partial charge is 0.349 e. The molecular formula is C27H27N3O9S. The number of aromatic carboxylic acids is 1. The molecule has 4 rings (SSSR count). The molecule has 0 unspecified atom stereocenters. The molecule has 210 valence electrons. The van der Waals surface area contributed by atoms with E-state index in [0.717, 1.165) is 11.3 Å². The summed E-state index contributed by atoms with van der Waals surface area (Å²) in [6.07, 6.45) is 1.39. The first kappa shape index (κ1) is 28.4. The number of ether oxygens (including phenoxy) is 2. The van der Waals surface area contributed by atoms with Crippen molar-refractivity contribution in [3.05, 3.63) is 69.1 Å². The zero-order chi connectivity index (χ0) is 28.8. The van der Waals surface area contributed by atoms with E-state index in [1.807, 2.05) is 6.07 Å². The molecule has 13 heteroatoms. The van der Waals surface area contributed by atoms with Crippen LogP contribution < -0.4 is 14.8 Å². The number of hydrogen-bond acceptors (Lipinski definition) is 8. The number of nitrogens with one attached hydrogen (secondary N) is 1. The lowest BCUT2D eigenvalue weighted by molar-refractivity contribution is -0.383. The zero-order valence-electron chi connectivity index (χ0n) is 21.5. The third-order valence-electron chi connectivity index (χ3n) is 6.45. The van der Waals surface area contributed by atoms with Crippen LogP contribution in [0.25, 0.3) is 10.4 Å². The Hall–Kier alpha value is -4.65. The Bertz CT molecular complexity index is 1430. The summed E-state index contributed by atoms with van der Waals surface area (Å²) in [5, 5.41) is 32.3. The molecule has 0 spiro atoms. The van der Waals surface area contributed by atoms with Gasteiger partial charge >= 0.3 is 18.0 Å². The number of carboxylic acids is 2. The first-order valence-electron chi connectivity index (χ1n) is 12.4. The van der Waals surface area contributed by atoms with Crippen molar-refractivity contribution in [2.75, 3.05) is 31.6 Å². The van der Waals surface area contributed by atoms with E-state index in [0.29, 0.717) is 54.3 Å². The minimum Gasteiger partial charge on any atom is -0.493 e. The van der Waals surface area contributed by atoms with E-state index in [4.69, 9.17) is 14.6 Å². The van der Waals surface area contributed by atoms with Crippen molar-refractivity contribution >= 4 is 40.7 Å². The molecule has 0 radical (unpaired) electrons. The molecule has 2 amide bonds. The molecule has 0 saturated carbocycles. The van der Waals surface area contributed by atoms with Gasteiger partial charge in [-0.25, -0.2) is 14.4 Å². The number of carbonyl (C=O) groups is 3. The molecule has 12 nitrogen and oxygen atoms in total. The second-order valence-electron chi connectivity index (χ2n) is 9.18. The van der Waals surface area contributed by atoms with Gasteiger partial charge in [-0.1, -0.05) is 24.3 Å². The van der Waals surface area contributed by atoms with Crippen molar-refractivity contribution < 1.29 is 39.0 Å². The number of carbonyl (C=O) groups excluding carboxylic acids is 1. The number of nitrogens with zero attached hydrogens (tertiary/aromatic N) is 2. The normalized spacial score (nSPS) is 13.5. The van der Waals surface area contributed by atoms with E-state index >= 15 is 0 Å². The molecule has 1 saturated heterocycles. The van der Waals surface area contributed by atoms with Gasteiger partial charge in [0.25, 0.3) is 5.69 Å².